The number of nitrogens with zero attached hydrogens (tertiary/aromatic N) is 1. The molecule has 36 heavy (non-hydrogen) atoms. The summed E-state index contributed by atoms with van der Waals surface area (Å²) in [6.45, 7) is 2.19. The molecule has 0 fully saturated rings. The molecule has 3 N–H and O–H groups in total. The zero-order valence-corrected chi connectivity index (χ0v) is 24.1. The van der Waals surface area contributed by atoms with Crippen molar-refractivity contribution >= 4 is 81.1 Å². The van der Waals surface area contributed by atoms with Crippen molar-refractivity contribution in [2.45, 2.75) is 13.3 Å². The van der Waals surface area contributed by atoms with E-state index in [1.165, 1.54) is 17.4 Å². The second-order valence-electron chi connectivity index (χ2n) is 7.62. The topological polar surface area (TPSA) is 69.5 Å². The summed E-state index contributed by atoms with van der Waals surface area (Å²) in [5.74, 6) is 0.568. The maximum absolute atomic E-state index is 7.97. The number of rotatable bonds is 11. The van der Waals surface area contributed by atoms with Gasteiger partial charge in [-0.05, 0) is 92.3 Å². The van der Waals surface area contributed by atoms with Crippen LogP contribution in [0.3, 0.4) is 0 Å². The number of hydrogen-bond acceptors (Lipinski definition) is 5. The quantitative estimate of drug-likeness (QED) is 0.0385. The summed E-state index contributed by atoms with van der Waals surface area (Å²) < 4.78 is 0. The van der Waals surface area contributed by atoms with E-state index in [2.05, 4.69) is 123 Å². The number of anilines is 1. The Hall–Kier alpha value is -2.87. The number of hydrogen-bond donors (Lipinski definition) is 3. The summed E-state index contributed by atoms with van der Waals surface area (Å²) in [7, 11) is 1.68. The highest BCUT2D eigenvalue weighted by molar-refractivity contribution is 14.2. The fraction of sp³-hybridized carbons (Fsp3) is 0.107. The number of allylic oxidation sites excluding steroid dienone is 1. The molecule has 0 heterocycles. The van der Waals surface area contributed by atoms with E-state index in [9.17, 15) is 0 Å². The number of benzene rings is 3. The highest BCUT2D eigenvalue weighted by Crippen LogP contribution is 2.36. The third-order valence-electron chi connectivity index (χ3n) is 5.54. The number of nitrogens with one attached hydrogen (secondary N) is 3. The van der Waals surface area contributed by atoms with Crippen LogP contribution in [0.5, 0.6) is 0 Å². The zero-order valence-electron chi connectivity index (χ0n) is 20.1. The molecule has 0 aliphatic heterocycles. The predicted molar refractivity (Wildman–Crippen MR) is 170 cm³/mol. The van der Waals surface area contributed by atoms with Gasteiger partial charge in [0.25, 0.3) is 0 Å². The summed E-state index contributed by atoms with van der Waals surface area (Å²) in [5.41, 5.74) is 12.5. The van der Waals surface area contributed by atoms with Crippen molar-refractivity contribution < 1.29 is 4.84 Å². The summed E-state index contributed by atoms with van der Waals surface area (Å²) in [6, 6.07) is 25.2. The van der Waals surface area contributed by atoms with Crippen LogP contribution in [0.1, 0.15) is 41.2 Å². The van der Waals surface area contributed by atoms with Crippen LogP contribution in [-0.2, 0) is 4.84 Å². The number of halogens is 1. The molecule has 0 aliphatic rings. The third kappa shape index (κ3) is 7.32. The molecule has 3 aromatic carbocycles. The molecule has 3 rings (SSSR count). The summed E-state index contributed by atoms with van der Waals surface area (Å²) in [5, 5.41) is 11.3. The molecular formula is C28H28IN4OPS. The van der Waals surface area contributed by atoms with Crippen molar-refractivity contribution in [2.24, 2.45) is 4.99 Å². The van der Waals surface area contributed by atoms with Gasteiger partial charge < -0.3 is 15.3 Å². The van der Waals surface area contributed by atoms with Gasteiger partial charge in [0.05, 0.1) is 0 Å². The van der Waals surface area contributed by atoms with Gasteiger partial charge in [-0.1, -0.05) is 73.7 Å². The van der Waals surface area contributed by atoms with Crippen molar-refractivity contribution in [3.63, 3.8) is 0 Å². The molecular weight excluding hydrogens is 598 g/mol. The van der Waals surface area contributed by atoms with Gasteiger partial charge in [-0.15, -0.1) is 0 Å². The maximum atomic E-state index is 7.97. The van der Waals surface area contributed by atoms with Gasteiger partial charge in [0.15, 0.2) is 11.4 Å². The van der Waals surface area contributed by atoms with Crippen LogP contribution in [0.2, 0.25) is 0 Å². The van der Waals surface area contributed by atoms with Crippen LogP contribution >= 0.6 is 40.6 Å². The SMILES string of the molecule is CC/C(=C(/c1ccc(/C=C/C(=NC)NOC=S)cc1)c1ccc(NPI)c(C=N)c1)c1ccccc1. The first-order chi connectivity index (χ1) is 17.6. The van der Waals surface area contributed by atoms with Gasteiger partial charge in [0, 0.05) is 30.9 Å². The minimum Gasteiger partial charge on any atom is -0.377 e. The smallest absolute Gasteiger partial charge is 0.182 e. The molecule has 5 nitrogen and oxygen atoms in total. The second-order valence-corrected chi connectivity index (χ2v) is 9.87. The molecule has 0 amide bonds. The first-order valence-corrected chi connectivity index (χ1v) is 15.9. The zero-order chi connectivity index (χ0) is 25.8. The second kappa shape index (κ2) is 14.6. The first-order valence-electron chi connectivity index (χ1n) is 11.3. The molecule has 0 spiro atoms. The lowest BCUT2D eigenvalue weighted by Crippen LogP contribution is -2.20. The van der Waals surface area contributed by atoms with Gasteiger partial charge >= 0.3 is 0 Å². The van der Waals surface area contributed by atoms with E-state index in [1.807, 2.05) is 18.2 Å². The molecule has 0 radical (unpaired) electrons. The van der Waals surface area contributed by atoms with Crippen LogP contribution < -0.4 is 10.6 Å². The standard InChI is InChI=1S/C28H28IN4OPS/c1-3-25(21-7-5-4-6-8-21)28(23-14-15-26(33-35-29)24(17-23)18-30)22-12-9-20(10-13-22)11-16-27(31-2)32-34-19-36/h4-19,30,33,35H,3H2,1-2H3,(H,31,32)/b16-11+,28-25+,30-18?. The van der Waals surface area contributed by atoms with Crippen LogP contribution in [-0.4, -0.2) is 24.7 Å². The Balaban J connectivity index is 2.09. The van der Waals surface area contributed by atoms with Gasteiger partial charge in [0.1, 0.15) is 0 Å². The normalized spacial score (nSPS) is 12.5. The fourth-order valence-electron chi connectivity index (χ4n) is 3.86. The van der Waals surface area contributed by atoms with Crippen LogP contribution in [0.4, 0.5) is 5.69 Å². The van der Waals surface area contributed by atoms with Gasteiger partial charge in [0.2, 0.25) is 0 Å². The summed E-state index contributed by atoms with van der Waals surface area (Å²) >= 11 is 6.97. The Bertz CT molecular complexity index is 1270. The molecule has 8 heteroatoms. The Morgan fingerprint density at radius 1 is 1.06 bits per heavy atom. The van der Waals surface area contributed by atoms with E-state index in [0.29, 0.717) is 12.2 Å². The lowest BCUT2D eigenvalue weighted by molar-refractivity contribution is 0.269. The Kier molecular flexibility index (Phi) is 11.3. The molecule has 1 unspecified atom stereocenters. The average molecular weight is 627 g/mol. The molecule has 0 saturated heterocycles. The van der Waals surface area contributed by atoms with Gasteiger partial charge in [-0.2, -0.15) is 0 Å². The molecule has 0 bridgehead atoms. The van der Waals surface area contributed by atoms with Crippen molar-refractivity contribution in [3.8, 4) is 0 Å². The Labute approximate surface area is 233 Å². The predicted octanol–water partition coefficient (Wildman–Crippen LogP) is 7.93. The van der Waals surface area contributed by atoms with E-state index in [-0.39, 0.29) is 0 Å². The molecule has 3 aromatic rings. The van der Waals surface area contributed by atoms with E-state index in [1.54, 1.807) is 7.05 Å². The highest BCUT2D eigenvalue weighted by Gasteiger charge is 2.14. The molecule has 0 aliphatic carbocycles. The Morgan fingerprint density at radius 2 is 1.78 bits per heavy atom. The van der Waals surface area contributed by atoms with Gasteiger partial charge in [-0.3, -0.25) is 4.99 Å². The van der Waals surface area contributed by atoms with Crippen LogP contribution in [0.15, 0.2) is 83.9 Å². The van der Waals surface area contributed by atoms with E-state index >= 15 is 0 Å². The minimum atomic E-state index is 0.538. The number of hydroxylamine groups is 1. The Morgan fingerprint density at radius 3 is 2.39 bits per heavy atom. The van der Waals surface area contributed by atoms with E-state index in [0.717, 1.165) is 45.5 Å². The van der Waals surface area contributed by atoms with Gasteiger partial charge in [-0.25, -0.2) is 5.48 Å². The number of thiocarbonyl (C=S) groups is 1. The maximum Gasteiger partial charge on any atom is 0.182 e. The molecule has 1 atom stereocenters. The molecule has 0 saturated carbocycles. The molecule has 0 aromatic heterocycles. The number of aliphatic imine (C=N–C) groups is 1. The van der Waals surface area contributed by atoms with Crippen molar-refractivity contribution in [1.29, 1.82) is 5.41 Å². The van der Waals surface area contributed by atoms with Crippen LogP contribution in [0, 0.1) is 5.41 Å². The van der Waals surface area contributed by atoms with Crippen molar-refractivity contribution in [1.82, 2.24) is 5.48 Å². The van der Waals surface area contributed by atoms with E-state index < -0.39 is 0 Å². The van der Waals surface area contributed by atoms with E-state index in [4.69, 9.17) is 10.2 Å². The molecule has 184 valence electrons. The lowest BCUT2D eigenvalue weighted by atomic mass is 9.87. The average Bonchev–Trinajstić information content (AvgIpc) is 2.93. The van der Waals surface area contributed by atoms with Crippen molar-refractivity contribution in [2.75, 3.05) is 12.1 Å². The monoisotopic (exact) mass is 626 g/mol. The fourth-order valence-corrected chi connectivity index (χ4v) is 5.11. The minimum absolute atomic E-state index is 0.538. The summed E-state index contributed by atoms with van der Waals surface area (Å²) in [6.07, 6.45) is 6.62. The number of amidine groups is 1. The van der Waals surface area contributed by atoms with Crippen LogP contribution in [0.25, 0.3) is 17.2 Å². The largest absolute Gasteiger partial charge is 0.377 e. The third-order valence-corrected chi connectivity index (χ3v) is 6.81. The summed E-state index contributed by atoms with van der Waals surface area (Å²) in [4.78, 5) is 9.06. The lowest BCUT2D eigenvalue weighted by Gasteiger charge is -2.18. The highest BCUT2D eigenvalue weighted by atomic mass is 127. The first kappa shape index (κ1) is 27.7. The van der Waals surface area contributed by atoms with Crippen molar-refractivity contribution in [3.05, 3.63) is 107 Å².